The van der Waals surface area contributed by atoms with E-state index in [-0.39, 0.29) is 11.4 Å². The van der Waals surface area contributed by atoms with Crippen LogP contribution in [0.2, 0.25) is 4.34 Å². The first kappa shape index (κ1) is 15.3. The third-order valence-corrected chi connectivity index (χ3v) is 6.41. The van der Waals surface area contributed by atoms with Gasteiger partial charge in [0.1, 0.15) is 10.0 Å². The lowest BCUT2D eigenvalue weighted by atomic mass is 10.4. The molecule has 0 bridgehead atoms. The van der Waals surface area contributed by atoms with E-state index in [2.05, 4.69) is 14.6 Å². The Kier molecular flexibility index (Phi) is 4.39. The number of anilines is 1. The van der Waals surface area contributed by atoms with Crippen molar-refractivity contribution in [3.05, 3.63) is 51.9 Å². The highest BCUT2D eigenvalue weighted by molar-refractivity contribution is 7.93. The van der Waals surface area contributed by atoms with E-state index in [1.807, 2.05) is 0 Å². The van der Waals surface area contributed by atoms with Crippen LogP contribution < -0.4 is 4.31 Å². The summed E-state index contributed by atoms with van der Waals surface area (Å²) >= 11 is 8.24. The molecular formula is C12H9ClN4O2S3. The Balaban J connectivity index is 2.05. The van der Waals surface area contributed by atoms with Gasteiger partial charge < -0.3 is 0 Å². The summed E-state index contributed by atoms with van der Waals surface area (Å²) in [6.07, 6.45) is 1.55. The predicted molar refractivity (Wildman–Crippen MR) is 86.8 cm³/mol. The van der Waals surface area contributed by atoms with Crippen molar-refractivity contribution in [2.24, 2.45) is 0 Å². The van der Waals surface area contributed by atoms with Gasteiger partial charge in [-0.15, -0.1) is 16.4 Å². The van der Waals surface area contributed by atoms with Crippen molar-refractivity contribution in [2.45, 2.75) is 11.4 Å². The fourth-order valence-electron chi connectivity index (χ4n) is 1.74. The van der Waals surface area contributed by atoms with E-state index >= 15 is 0 Å². The molecule has 0 aliphatic heterocycles. The molecule has 114 valence electrons. The van der Waals surface area contributed by atoms with Gasteiger partial charge in [0.05, 0.1) is 11.4 Å². The van der Waals surface area contributed by atoms with Crippen molar-refractivity contribution in [2.75, 3.05) is 4.31 Å². The zero-order chi connectivity index (χ0) is 15.6. The highest BCUT2D eigenvalue weighted by Gasteiger charge is 2.28. The van der Waals surface area contributed by atoms with Crippen molar-refractivity contribution in [1.82, 2.24) is 14.6 Å². The number of halogens is 1. The Labute approximate surface area is 140 Å². The topological polar surface area (TPSA) is 76.1 Å². The molecule has 0 fully saturated rings. The monoisotopic (exact) mass is 372 g/mol. The van der Waals surface area contributed by atoms with Crippen molar-refractivity contribution in [3.63, 3.8) is 0 Å². The van der Waals surface area contributed by atoms with Gasteiger partial charge in [0.15, 0.2) is 5.13 Å². The van der Waals surface area contributed by atoms with Crippen LogP contribution in [0.4, 0.5) is 5.13 Å². The number of benzene rings is 1. The second kappa shape index (κ2) is 6.29. The smallest absolute Gasteiger partial charge is 0.235 e. The van der Waals surface area contributed by atoms with E-state index in [1.165, 1.54) is 27.8 Å². The van der Waals surface area contributed by atoms with Crippen LogP contribution in [0.3, 0.4) is 0 Å². The molecular weight excluding hydrogens is 364 g/mol. The summed E-state index contributed by atoms with van der Waals surface area (Å²) in [4.78, 5) is 4.28. The minimum absolute atomic E-state index is 0.0138. The summed E-state index contributed by atoms with van der Waals surface area (Å²) in [5, 5.41) is 5.95. The Morgan fingerprint density at radius 1 is 1.23 bits per heavy atom. The second-order valence-corrected chi connectivity index (χ2v) is 8.22. The Morgan fingerprint density at radius 3 is 2.59 bits per heavy atom. The largest absolute Gasteiger partial charge is 0.266 e. The van der Waals surface area contributed by atoms with E-state index in [0.717, 1.165) is 11.5 Å². The molecule has 0 unspecified atom stereocenters. The van der Waals surface area contributed by atoms with Crippen molar-refractivity contribution in [1.29, 1.82) is 0 Å². The Bertz CT molecular complexity index is 850. The first-order valence-corrected chi connectivity index (χ1v) is 9.50. The number of sulfonamides is 1. The van der Waals surface area contributed by atoms with Crippen LogP contribution >= 0.6 is 34.5 Å². The molecule has 2 heterocycles. The Hall–Kier alpha value is -1.55. The maximum absolute atomic E-state index is 12.9. The van der Waals surface area contributed by atoms with Gasteiger partial charge in [0, 0.05) is 23.1 Å². The van der Waals surface area contributed by atoms with Crippen LogP contribution in [-0.4, -0.2) is 23.0 Å². The van der Waals surface area contributed by atoms with E-state index in [4.69, 9.17) is 11.6 Å². The summed E-state index contributed by atoms with van der Waals surface area (Å²) in [6, 6.07) is 8.18. The van der Waals surface area contributed by atoms with Gasteiger partial charge in [-0.05, 0) is 12.1 Å². The molecule has 22 heavy (non-hydrogen) atoms. The van der Waals surface area contributed by atoms with Gasteiger partial charge in [-0.1, -0.05) is 34.3 Å². The third kappa shape index (κ3) is 2.98. The first-order chi connectivity index (χ1) is 10.6. The summed E-state index contributed by atoms with van der Waals surface area (Å²) in [5.74, 6) is 0. The lowest BCUT2D eigenvalue weighted by molar-refractivity contribution is 0.589. The molecule has 2 aromatic heterocycles. The van der Waals surface area contributed by atoms with Crippen LogP contribution in [0.15, 0.2) is 46.8 Å². The first-order valence-electron chi connectivity index (χ1n) is 6.03. The predicted octanol–water partition coefficient (Wildman–Crippen LogP) is 3.04. The molecule has 3 rings (SSSR count). The van der Waals surface area contributed by atoms with Gasteiger partial charge in [-0.25, -0.2) is 17.7 Å². The van der Waals surface area contributed by atoms with Crippen molar-refractivity contribution in [3.8, 4) is 0 Å². The summed E-state index contributed by atoms with van der Waals surface area (Å²) < 4.78 is 31.0. The molecule has 0 saturated heterocycles. The van der Waals surface area contributed by atoms with E-state index in [0.29, 0.717) is 15.2 Å². The molecule has 0 radical (unpaired) electrons. The van der Waals surface area contributed by atoms with Crippen molar-refractivity contribution < 1.29 is 8.42 Å². The van der Waals surface area contributed by atoms with E-state index in [9.17, 15) is 8.42 Å². The fourth-order valence-corrected chi connectivity index (χ4v) is 4.62. The normalized spacial score (nSPS) is 11.5. The van der Waals surface area contributed by atoms with Gasteiger partial charge in [-0.3, -0.25) is 0 Å². The summed E-state index contributed by atoms with van der Waals surface area (Å²) in [7, 11) is -3.76. The fraction of sp³-hybridized carbons (Fsp3) is 0.0833. The molecule has 0 aliphatic carbocycles. The molecule has 0 saturated carbocycles. The molecule has 3 aromatic rings. The summed E-state index contributed by atoms with van der Waals surface area (Å²) in [6.45, 7) is -0.0138. The minimum atomic E-state index is -3.76. The molecule has 0 N–H and O–H groups in total. The quantitative estimate of drug-likeness (QED) is 0.688. The van der Waals surface area contributed by atoms with Gasteiger partial charge in [-0.2, -0.15) is 0 Å². The molecule has 0 amide bonds. The van der Waals surface area contributed by atoms with Crippen LogP contribution in [0.1, 0.15) is 5.69 Å². The lowest BCUT2D eigenvalue weighted by Gasteiger charge is -2.20. The highest BCUT2D eigenvalue weighted by atomic mass is 35.5. The number of thiazole rings is 1. The maximum Gasteiger partial charge on any atom is 0.266 e. The van der Waals surface area contributed by atoms with Crippen LogP contribution in [0.5, 0.6) is 0 Å². The zero-order valence-corrected chi connectivity index (χ0v) is 14.2. The zero-order valence-electron chi connectivity index (χ0n) is 11.0. The average molecular weight is 373 g/mol. The molecule has 0 atom stereocenters. The van der Waals surface area contributed by atoms with Crippen LogP contribution in [-0.2, 0) is 16.6 Å². The number of rotatable bonds is 5. The number of aromatic nitrogens is 3. The van der Waals surface area contributed by atoms with Crippen LogP contribution in [0.25, 0.3) is 0 Å². The SMILES string of the molecule is O=S(=O)(c1ccccc1)N(Cc1nnsc1Cl)c1nccs1. The second-order valence-electron chi connectivity index (χ2n) is 4.13. The maximum atomic E-state index is 12.9. The van der Waals surface area contributed by atoms with Crippen molar-refractivity contribution >= 4 is 49.6 Å². The van der Waals surface area contributed by atoms with E-state index in [1.54, 1.807) is 29.8 Å². The van der Waals surface area contributed by atoms with Gasteiger partial charge in [0.25, 0.3) is 10.0 Å². The van der Waals surface area contributed by atoms with E-state index < -0.39 is 10.0 Å². The minimum Gasteiger partial charge on any atom is -0.235 e. The Morgan fingerprint density at radius 2 is 2.00 bits per heavy atom. The molecule has 6 nitrogen and oxygen atoms in total. The lowest BCUT2D eigenvalue weighted by Crippen LogP contribution is -2.30. The number of nitrogens with zero attached hydrogens (tertiary/aromatic N) is 4. The van der Waals surface area contributed by atoms with Gasteiger partial charge >= 0.3 is 0 Å². The molecule has 1 aromatic carbocycles. The molecule has 0 aliphatic rings. The molecule has 0 spiro atoms. The van der Waals surface area contributed by atoms with Gasteiger partial charge in [0.2, 0.25) is 0 Å². The molecule has 10 heteroatoms. The number of hydrogen-bond donors (Lipinski definition) is 0. The number of hydrogen-bond acceptors (Lipinski definition) is 7. The standard InChI is InChI=1S/C12H9ClN4O2S3/c13-11-10(15-16-21-11)8-17(12-14-6-7-20-12)22(18,19)9-4-2-1-3-5-9/h1-7H,8H2. The summed E-state index contributed by atoms with van der Waals surface area (Å²) in [5.41, 5.74) is 0.404. The average Bonchev–Trinajstić information content (AvgIpc) is 3.17. The van der Waals surface area contributed by atoms with Crippen LogP contribution in [0, 0.1) is 0 Å². The third-order valence-electron chi connectivity index (χ3n) is 2.77. The highest BCUT2D eigenvalue weighted by Crippen LogP contribution is 2.29.